The summed E-state index contributed by atoms with van der Waals surface area (Å²) in [7, 11) is 3.04. The SMILES string of the molecule is CCOC(=O)Oc1c(C(C)C)nc(OC)c(COC)c1-c1ccc(F)cc1. The number of hydrogen-bond donors (Lipinski definition) is 0. The number of carbonyl (C=O) groups excluding carboxylic acids is 1. The van der Waals surface area contributed by atoms with E-state index in [9.17, 15) is 9.18 Å². The van der Waals surface area contributed by atoms with Gasteiger partial charge in [0.05, 0.1) is 31.6 Å². The summed E-state index contributed by atoms with van der Waals surface area (Å²) in [4.78, 5) is 16.6. The molecule has 6 nitrogen and oxygen atoms in total. The number of carbonyl (C=O) groups is 1. The van der Waals surface area contributed by atoms with Gasteiger partial charge in [-0.05, 0) is 30.5 Å². The topological polar surface area (TPSA) is 66.9 Å². The van der Waals surface area contributed by atoms with E-state index in [1.165, 1.54) is 26.4 Å². The molecule has 0 saturated carbocycles. The summed E-state index contributed by atoms with van der Waals surface area (Å²) in [5, 5.41) is 0. The van der Waals surface area contributed by atoms with Gasteiger partial charge in [0.1, 0.15) is 5.82 Å². The Morgan fingerprint density at radius 2 is 1.85 bits per heavy atom. The Bertz CT molecular complexity index is 790. The van der Waals surface area contributed by atoms with Crippen LogP contribution in [0.4, 0.5) is 9.18 Å². The third-order valence-corrected chi connectivity index (χ3v) is 3.85. The summed E-state index contributed by atoms with van der Waals surface area (Å²) < 4.78 is 34.6. The molecule has 0 aliphatic heterocycles. The second kappa shape index (κ2) is 9.32. The predicted octanol–water partition coefficient (Wildman–Crippen LogP) is 4.70. The fraction of sp³-hybridized carbons (Fsp3) is 0.400. The summed E-state index contributed by atoms with van der Waals surface area (Å²) in [5.74, 6) is 0.170. The van der Waals surface area contributed by atoms with Crippen molar-refractivity contribution in [3.05, 3.63) is 41.3 Å². The number of aromatic nitrogens is 1. The number of rotatable bonds is 7. The Labute approximate surface area is 158 Å². The maximum atomic E-state index is 13.4. The van der Waals surface area contributed by atoms with Crippen LogP contribution in [0.1, 0.15) is 37.9 Å². The number of ether oxygens (including phenoxy) is 4. The minimum Gasteiger partial charge on any atom is -0.481 e. The van der Waals surface area contributed by atoms with Crippen LogP contribution in [0.25, 0.3) is 11.1 Å². The number of pyridine rings is 1. The molecule has 0 atom stereocenters. The highest BCUT2D eigenvalue weighted by Gasteiger charge is 2.26. The lowest BCUT2D eigenvalue weighted by Gasteiger charge is -2.21. The number of benzene rings is 1. The minimum atomic E-state index is -0.835. The van der Waals surface area contributed by atoms with Gasteiger partial charge in [-0.3, -0.25) is 0 Å². The van der Waals surface area contributed by atoms with Gasteiger partial charge in [-0.1, -0.05) is 26.0 Å². The van der Waals surface area contributed by atoms with Crippen molar-refractivity contribution in [3.8, 4) is 22.8 Å². The van der Waals surface area contributed by atoms with Crippen molar-refractivity contribution in [2.75, 3.05) is 20.8 Å². The molecule has 146 valence electrons. The fourth-order valence-corrected chi connectivity index (χ4v) is 2.69. The lowest BCUT2D eigenvalue weighted by atomic mass is 9.96. The zero-order valence-corrected chi connectivity index (χ0v) is 16.2. The quantitative estimate of drug-likeness (QED) is 0.652. The first-order valence-electron chi connectivity index (χ1n) is 8.63. The molecule has 2 aromatic rings. The summed E-state index contributed by atoms with van der Waals surface area (Å²) in [6.45, 7) is 5.87. The third kappa shape index (κ3) is 4.74. The van der Waals surface area contributed by atoms with Crippen molar-refractivity contribution in [2.45, 2.75) is 33.3 Å². The van der Waals surface area contributed by atoms with Gasteiger partial charge < -0.3 is 18.9 Å². The molecule has 0 saturated heterocycles. The highest BCUT2D eigenvalue weighted by Crippen LogP contribution is 2.42. The molecule has 0 spiro atoms. The monoisotopic (exact) mass is 377 g/mol. The molecule has 1 heterocycles. The molecule has 0 aliphatic carbocycles. The van der Waals surface area contributed by atoms with Crippen LogP contribution in [-0.2, 0) is 16.1 Å². The van der Waals surface area contributed by atoms with Crippen LogP contribution in [0.15, 0.2) is 24.3 Å². The normalized spacial score (nSPS) is 10.8. The van der Waals surface area contributed by atoms with Gasteiger partial charge in [0.25, 0.3) is 0 Å². The van der Waals surface area contributed by atoms with E-state index >= 15 is 0 Å². The van der Waals surface area contributed by atoms with E-state index in [0.717, 1.165) is 0 Å². The Morgan fingerprint density at radius 3 is 2.37 bits per heavy atom. The minimum absolute atomic E-state index is 0.0703. The van der Waals surface area contributed by atoms with Gasteiger partial charge in [0.2, 0.25) is 5.88 Å². The van der Waals surface area contributed by atoms with Crippen LogP contribution in [0.5, 0.6) is 11.6 Å². The van der Waals surface area contributed by atoms with Crippen molar-refractivity contribution in [2.24, 2.45) is 0 Å². The van der Waals surface area contributed by atoms with Crippen molar-refractivity contribution in [1.29, 1.82) is 0 Å². The molecule has 7 heteroatoms. The molecule has 0 unspecified atom stereocenters. The first-order valence-corrected chi connectivity index (χ1v) is 8.63. The van der Waals surface area contributed by atoms with Gasteiger partial charge in [0.15, 0.2) is 5.75 Å². The first kappa shape index (κ1) is 20.6. The van der Waals surface area contributed by atoms with Crippen molar-refractivity contribution < 1.29 is 28.1 Å². The number of hydrogen-bond acceptors (Lipinski definition) is 6. The van der Waals surface area contributed by atoms with Crippen molar-refractivity contribution in [1.82, 2.24) is 4.98 Å². The van der Waals surface area contributed by atoms with Gasteiger partial charge in [-0.2, -0.15) is 0 Å². The molecule has 27 heavy (non-hydrogen) atoms. The molecule has 2 rings (SSSR count). The molecule has 0 radical (unpaired) electrons. The van der Waals surface area contributed by atoms with E-state index in [-0.39, 0.29) is 30.7 Å². The predicted molar refractivity (Wildman–Crippen MR) is 98.6 cm³/mol. The van der Waals surface area contributed by atoms with Crippen LogP contribution in [-0.4, -0.2) is 32.0 Å². The van der Waals surface area contributed by atoms with Gasteiger partial charge >= 0.3 is 6.16 Å². The second-order valence-corrected chi connectivity index (χ2v) is 6.07. The van der Waals surface area contributed by atoms with Crippen LogP contribution in [0, 0.1) is 5.82 Å². The fourth-order valence-electron chi connectivity index (χ4n) is 2.69. The van der Waals surface area contributed by atoms with Gasteiger partial charge in [-0.25, -0.2) is 14.2 Å². The standard InChI is InChI=1S/C20H24FNO5/c1-6-26-20(23)27-18-16(13-7-9-14(21)10-8-13)15(11-24-4)19(25-5)22-17(18)12(2)3/h7-10,12H,6,11H2,1-5H3. The summed E-state index contributed by atoms with van der Waals surface area (Å²) in [5.41, 5.74) is 2.32. The van der Waals surface area contributed by atoms with Crippen LogP contribution >= 0.6 is 0 Å². The van der Waals surface area contributed by atoms with Gasteiger partial charge in [-0.15, -0.1) is 0 Å². The molecule has 0 amide bonds. The van der Waals surface area contributed by atoms with E-state index in [1.807, 2.05) is 13.8 Å². The molecule has 0 fully saturated rings. The van der Waals surface area contributed by atoms with Crippen LogP contribution in [0.3, 0.4) is 0 Å². The summed E-state index contributed by atoms with van der Waals surface area (Å²) >= 11 is 0. The average molecular weight is 377 g/mol. The molecule has 1 aromatic heterocycles. The lowest BCUT2D eigenvalue weighted by molar-refractivity contribution is 0.103. The Hall–Kier alpha value is -2.67. The van der Waals surface area contributed by atoms with Crippen LogP contribution < -0.4 is 9.47 Å². The lowest BCUT2D eigenvalue weighted by Crippen LogP contribution is -2.15. The third-order valence-electron chi connectivity index (χ3n) is 3.85. The van der Waals surface area contributed by atoms with Crippen LogP contribution in [0.2, 0.25) is 0 Å². The van der Waals surface area contributed by atoms with E-state index in [1.54, 1.807) is 19.1 Å². The van der Waals surface area contributed by atoms with E-state index in [2.05, 4.69) is 4.98 Å². The van der Waals surface area contributed by atoms with Crippen molar-refractivity contribution in [3.63, 3.8) is 0 Å². The summed E-state index contributed by atoms with van der Waals surface area (Å²) in [6, 6.07) is 5.88. The number of nitrogens with zero attached hydrogens (tertiary/aromatic N) is 1. The highest BCUT2D eigenvalue weighted by molar-refractivity contribution is 5.80. The van der Waals surface area contributed by atoms with E-state index < -0.39 is 6.16 Å². The molecule has 0 N–H and O–H groups in total. The zero-order valence-electron chi connectivity index (χ0n) is 16.2. The number of halogens is 1. The Kier molecular flexibility index (Phi) is 7.12. The average Bonchev–Trinajstić information content (AvgIpc) is 2.63. The van der Waals surface area contributed by atoms with Crippen molar-refractivity contribution >= 4 is 6.16 Å². The summed E-state index contributed by atoms with van der Waals surface area (Å²) in [6.07, 6.45) is -0.835. The molecular formula is C20H24FNO5. The second-order valence-electron chi connectivity index (χ2n) is 6.07. The van der Waals surface area contributed by atoms with E-state index in [4.69, 9.17) is 18.9 Å². The smallest absolute Gasteiger partial charge is 0.481 e. The zero-order chi connectivity index (χ0) is 20.0. The van der Waals surface area contributed by atoms with Gasteiger partial charge in [0, 0.05) is 12.7 Å². The first-order chi connectivity index (χ1) is 12.9. The highest BCUT2D eigenvalue weighted by atomic mass is 19.1. The number of methoxy groups -OCH3 is 2. The van der Waals surface area contributed by atoms with E-state index in [0.29, 0.717) is 28.3 Å². The molecular weight excluding hydrogens is 353 g/mol. The Morgan fingerprint density at radius 1 is 1.19 bits per heavy atom. The largest absolute Gasteiger partial charge is 0.513 e. The maximum Gasteiger partial charge on any atom is 0.513 e. The molecule has 0 bridgehead atoms. The Balaban J connectivity index is 2.80. The molecule has 0 aliphatic rings. The molecule has 1 aromatic carbocycles. The maximum absolute atomic E-state index is 13.4.